The van der Waals surface area contributed by atoms with Crippen molar-refractivity contribution in [3.05, 3.63) is 60.2 Å². The first-order chi connectivity index (χ1) is 10.3. The second-order valence-electron chi connectivity index (χ2n) is 4.55. The van der Waals surface area contributed by atoms with Gasteiger partial charge in [0.25, 0.3) is 0 Å². The van der Waals surface area contributed by atoms with Crippen LogP contribution in [0, 0.1) is 0 Å². The van der Waals surface area contributed by atoms with Gasteiger partial charge in [-0.1, -0.05) is 12.7 Å². The zero-order chi connectivity index (χ0) is 14.7. The number of nitrogens with zero attached hydrogens (tertiary/aromatic N) is 3. The van der Waals surface area contributed by atoms with Crippen molar-refractivity contribution in [2.24, 2.45) is 0 Å². The second kappa shape index (κ2) is 5.75. The maximum absolute atomic E-state index is 5.34. The first-order valence-corrected chi connectivity index (χ1v) is 6.85. The molecule has 5 nitrogen and oxygen atoms in total. The minimum absolute atomic E-state index is 0. The van der Waals surface area contributed by atoms with Gasteiger partial charge in [-0.2, -0.15) is 4.98 Å². The number of aromatic nitrogens is 3. The molecule has 0 unspecified atom stereocenters. The van der Waals surface area contributed by atoms with Crippen LogP contribution in [0.3, 0.4) is 0 Å². The molecule has 0 saturated carbocycles. The van der Waals surface area contributed by atoms with E-state index in [1.54, 1.807) is 6.20 Å². The Morgan fingerprint density at radius 1 is 1.38 bits per heavy atom. The highest BCUT2D eigenvalue weighted by Crippen LogP contribution is 2.31. The first kappa shape index (κ1) is 13.3. The van der Waals surface area contributed by atoms with Crippen LogP contribution in [0.5, 0.6) is 6.01 Å². The Morgan fingerprint density at radius 2 is 2.29 bits per heavy atom. The molecule has 1 N–H and O–H groups in total. The van der Waals surface area contributed by atoms with E-state index in [2.05, 4.69) is 32.9 Å². The molecule has 0 aromatic carbocycles. The fourth-order valence-corrected chi connectivity index (χ4v) is 2.30. The Hall–Kier alpha value is -2.69. The standard InChI is InChI=1S/C16H16N4O.H2/c1-3-17-15-8-5-11(9-18-15)12-6-7-14-13(12)10-19-16(20-14)21-4-2;/h3,5-6,8-10H,1,4,7H2,2H3,(H,17,18);1H. The van der Waals surface area contributed by atoms with Crippen LogP contribution >= 0.6 is 0 Å². The number of hydrogen-bond acceptors (Lipinski definition) is 5. The molecule has 0 radical (unpaired) electrons. The molecule has 3 rings (SSSR count). The number of pyridine rings is 1. The van der Waals surface area contributed by atoms with E-state index in [1.165, 1.54) is 0 Å². The number of rotatable bonds is 5. The van der Waals surface area contributed by atoms with Gasteiger partial charge in [0.05, 0.1) is 12.3 Å². The van der Waals surface area contributed by atoms with Crippen LogP contribution in [-0.4, -0.2) is 21.6 Å². The Labute approximate surface area is 124 Å². The molecule has 1 aliphatic rings. The molecule has 1 aliphatic carbocycles. The minimum Gasteiger partial charge on any atom is -0.464 e. The molecule has 0 saturated heterocycles. The topological polar surface area (TPSA) is 59.9 Å². The molecular weight excluding hydrogens is 264 g/mol. The molecular formula is C16H18N4O. The summed E-state index contributed by atoms with van der Waals surface area (Å²) in [7, 11) is 0. The summed E-state index contributed by atoms with van der Waals surface area (Å²) in [6, 6.07) is 4.39. The van der Waals surface area contributed by atoms with Crippen LogP contribution < -0.4 is 10.1 Å². The van der Waals surface area contributed by atoms with E-state index in [4.69, 9.17) is 4.74 Å². The fraction of sp³-hybridized carbons (Fsp3) is 0.188. The van der Waals surface area contributed by atoms with Gasteiger partial charge in [0.15, 0.2) is 0 Å². The summed E-state index contributed by atoms with van der Waals surface area (Å²) in [6.07, 6.45) is 8.20. The van der Waals surface area contributed by atoms with Crippen molar-refractivity contribution in [2.45, 2.75) is 13.3 Å². The van der Waals surface area contributed by atoms with Gasteiger partial charge in [0.1, 0.15) is 5.82 Å². The largest absolute Gasteiger partial charge is 0.464 e. The highest BCUT2D eigenvalue weighted by molar-refractivity contribution is 5.83. The molecule has 2 heterocycles. The molecule has 0 amide bonds. The van der Waals surface area contributed by atoms with E-state index >= 15 is 0 Å². The smallest absolute Gasteiger partial charge is 0.316 e. The van der Waals surface area contributed by atoms with Crippen molar-refractivity contribution < 1.29 is 6.16 Å². The fourth-order valence-electron chi connectivity index (χ4n) is 2.30. The lowest BCUT2D eigenvalue weighted by Crippen LogP contribution is -2.01. The molecule has 2 aromatic rings. The molecule has 0 aliphatic heterocycles. The highest BCUT2D eigenvalue weighted by Gasteiger charge is 2.18. The quantitative estimate of drug-likeness (QED) is 0.913. The average molecular weight is 282 g/mol. The Kier molecular flexibility index (Phi) is 3.64. The molecule has 0 spiro atoms. The normalized spacial score (nSPS) is 12.5. The maximum atomic E-state index is 5.34. The monoisotopic (exact) mass is 282 g/mol. The van der Waals surface area contributed by atoms with Gasteiger partial charge in [-0.15, -0.1) is 0 Å². The lowest BCUT2D eigenvalue weighted by atomic mass is 10.0. The van der Waals surface area contributed by atoms with Crippen molar-refractivity contribution in [3.8, 4) is 6.01 Å². The molecule has 0 fully saturated rings. The molecule has 0 bridgehead atoms. The van der Waals surface area contributed by atoms with E-state index in [1.807, 2.05) is 31.5 Å². The summed E-state index contributed by atoms with van der Waals surface area (Å²) in [6.45, 7) is 6.11. The van der Waals surface area contributed by atoms with Crippen molar-refractivity contribution in [3.63, 3.8) is 0 Å². The summed E-state index contributed by atoms with van der Waals surface area (Å²) < 4.78 is 5.34. The maximum Gasteiger partial charge on any atom is 0.316 e. The van der Waals surface area contributed by atoms with E-state index in [9.17, 15) is 0 Å². The number of nitrogens with one attached hydrogen (secondary N) is 1. The summed E-state index contributed by atoms with van der Waals surface area (Å²) in [4.78, 5) is 13.0. The van der Waals surface area contributed by atoms with Crippen LogP contribution in [-0.2, 0) is 6.42 Å². The predicted octanol–water partition coefficient (Wildman–Crippen LogP) is 3.06. The lowest BCUT2D eigenvalue weighted by molar-refractivity contribution is 0.311. The second-order valence-corrected chi connectivity index (χ2v) is 4.55. The van der Waals surface area contributed by atoms with Crippen molar-refractivity contribution >= 4 is 11.4 Å². The third kappa shape index (κ3) is 2.63. The van der Waals surface area contributed by atoms with E-state index in [0.717, 1.165) is 34.6 Å². The van der Waals surface area contributed by atoms with Gasteiger partial charge in [0, 0.05) is 31.4 Å². The zero-order valence-corrected chi connectivity index (χ0v) is 11.8. The van der Waals surface area contributed by atoms with E-state index in [-0.39, 0.29) is 1.43 Å². The number of ether oxygens (including phenoxy) is 1. The van der Waals surface area contributed by atoms with Crippen LogP contribution in [0.15, 0.2) is 43.4 Å². The average Bonchev–Trinajstić information content (AvgIpc) is 2.92. The van der Waals surface area contributed by atoms with Gasteiger partial charge >= 0.3 is 6.01 Å². The van der Waals surface area contributed by atoms with Crippen LogP contribution in [0.2, 0.25) is 0 Å². The summed E-state index contributed by atoms with van der Waals surface area (Å²) >= 11 is 0. The van der Waals surface area contributed by atoms with E-state index < -0.39 is 0 Å². The van der Waals surface area contributed by atoms with Gasteiger partial charge in [0.2, 0.25) is 0 Å². The number of allylic oxidation sites excluding steroid dienone is 1. The van der Waals surface area contributed by atoms with Gasteiger partial charge in [-0.05, 0) is 30.8 Å². The molecule has 2 aromatic heterocycles. The Morgan fingerprint density at radius 3 is 3.00 bits per heavy atom. The predicted molar refractivity (Wildman–Crippen MR) is 84.2 cm³/mol. The minimum atomic E-state index is 0. The van der Waals surface area contributed by atoms with Crippen molar-refractivity contribution in [1.29, 1.82) is 0 Å². The molecule has 21 heavy (non-hydrogen) atoms. The number of anilines is 1. The first-order valence-electron chi connectivity index (χ1n) is 6.85. The number of fused-ring (bicyclic) bond motifs is 1. The summed E-state index contributed by atoms with van der Waals surface area (Å²) in [5, 5.41) is 2.96. The molecule has 5 heteroatoms. The van der Waals surface area contributed by atoms with E-state index in [0.29, 0.717) is 12.6 Å². The van der Waals surface area contributed by atoms with Crippen LogP contribution in [0.4, 0.5) is 5.82 Å². The van der Waals surface area contributed by atoms with Crippen molar-refractivity contribution in [2.75, 3.05) is 11.9 Å². The molecule has 108 valence electrons. The molecule has 0 atom stereocenters. The third-order valence-electron chi connectivity index (χ3n) is 3.23. The zero-order valence-electron chi connectivity index (χ0n) is 11.8. The highest BCUT2D eigenvalue weighted by atomic mass is 16.5. The Balaban J connectivity index is 0.00000176. The number of hydrogen-bond donors (Lipinski definition) is 1. The summed E-state index contributed by atoms with van der Waals surface area (Å²) in [5.41, 5.74) is 4.21. The van der Waals surface area contributed by atoms with Gasteiger partial charge in [-0.3, -0.25) is 0 Å². The van der Waals surface area contributed by atoms with Crippen LogP contribution in [0.1, 0.15) is 25.2 Å². The lowest BCUT2D eigenvalue weighted by Gasteiger charge is -2.07. The summed E-state index contributed by atoms with van der Waals surface area (Å²) in [5.74, 6) is 0.774. The van der Waals surface area contributed by atoms with Crippen molar-refractivity contribution in [1.82, 2.24) is 15.0 Å². The van der Waals surface area contributed by atoms with Gasteiger partial charge in [-0.25, -0.2) is 9.97 Å². The SMILES string of the molecule is C=CNc1ccc(C2=CCc3nc(OCC)ncc32)cn1.[HH]. The third-order valence-corrected chi connectivity index (χ3v) is 3.23. The van der Waals surface area contributed by atoms with Crippen LogP contribution in [0.25, 0.3) is 5.57 Å². The Bertz CT molecular complexity index is 698. The van der Waals surface area contributed by atoms with Gasteiger partial charge < -0.3 is 10.1 Å².